The molecule has 0 fully saturated rings. The first kappa shape index (κ1) is 15.4. The van der Waals surface area contributed by atoms with Crippen LogP contribution in [0.15, 0.2) is 58.7 Å². The van der Waals surface area contributed by atoms with E-state index in [-0.39, 0.29) is 16.9 Å². The molecular formula is C19H12FNO3S. The van der Waals surface area contributed by atoms with Crippen LogP contribution in [-0.4, -0.2) is 15.2 Å². The predicted octanol–water partition coefficient (Wildman–Crippen LogP) is 4.47. The number of rotatable bonds is 2. The summed E-state index contributed by atoms with van der Waals surface area (Å²) in [6, 6.07) is 12.9. The van der Waals surface area contributed by atoms with Gasteiger partial charge in [0.2, 0.25) is 0 Å². The molecule has 0 atom stereocenters. The maximum Gasteiger partial charge on any atom is 0.260 e. The molecule has 4 nitrogen and oxygen atoms in total. The largest absolute Gasteiger partial charge is 0.506 e. The molecule has 0 aliphatic carbocycles. The highest BCUT2D eigenvalue weighted by Gasteiger charge is 2.19. The lowest BCUT2D eigenvalue weighted by Gasteiger charge is -2.08. The zero-order chi connectivity index (χ0) is 17.6. The third-order valence-electron chi connectivity index (χ3n) is 4.04. The van der Waals surface area contributed by atoms with E-state index in [0.29, 0.717) is 26.9 Å². The van der Waals surface area contributed by atoms with Gasteiger partial charge in [0.25, 0.3) is 5.56 Å². The summed E-state index contributed by atoms with van der Waals surface area (Å²) in [4.78, 5) is 15.7. The van der Waals surface area contributed by atoms with Gasteiger partial charge in [-0.1, -0.05) is 36.4 Å². The minimum Gasteiger partial charge on any atom is -0.506 e. The molecule has 6 heteroatoms. The van der Waals surface area contributed by atoms with Gasteiger partial charge in [-0.3, -0.25) is 4.79 Å². The first-order valence-electron chi connectivity index (χ1n) is 7.47. The minimum atomic E-state index is -0.746. The van der Waals surface area contributed by atoms with Crippen molar-refractivity contribution in [2.45, 2.75) is 0 Å². The van der Waals surface area contributed by atoms with Gasteiger partial charge < -0.3 is 15.2 Å². The lowest BCUT2D eigenvalue weighted by molar-refractivity contribution is 0.432. The highest BCUT2D eigenvalue weighted by molar-refractivity contribution is 7.17. The quantitative estimate of drug-likeness (QED) is 0.498. The van der Waals surface area contributed by atoms with Crippen molar-refractivity contribution in [2.24, 2.45) is 0 Å². The second-order valence-corrected chi connectivity index (χ2v) is 6.44. The molecule has 0 radical (unpaired) electrons. The Morgan fingerprint density at radius 1 is 1.00 bits per heavy atom. The highest BCUT2D eigenvalue weighted by Crippen LogP contribution is 2.41. The van der Waals surface area contributed by atoms with Crippen LogP contribution < -0.4 is 5.56 Å². The normalized spacial score (nSPS) is 11.1. The zero-order valence-electron chi connectivity index (χ0n) is 12.8. The third-order valence-corrected chi connectivity index (χ3v) is 4.94. The molecule has 2 aromatic carbocycles. The molecule has 0 aliphatic rings. The number of aromatic amines is 1. The minimum absolute atomic E-state index is 0.144. The van der Waals surface area contributed by atoms with Gasteiger partial charge in [-0.15, -0.1) is 11.3 Å². The summed E-state index contributed by atoms with van der Waals surface area (Å²) in [5.74, 6) is -1.33. The maximum atomic E-state index is 13.7. The van der Waals surface area contributed by atoms with E-state index in [4.69, 9.17) is 0 Å². The van der Waals surface area contributed by atoms with E-state index in [1.807, 2.05) is 6.07 Å². The molecule has 25 heavy (non-hydrogen) atoms. The molecule has 0 saturated carbocycles. The Bertz CT molecular complexity index is 1150. The van der Waals surface area contributed by atoms with E-state index in [9.17, 15) is 19.4 Å². The van der Waals surface area contributed by atoms with Gasteiger partial charge in [-0.2, -0.15) is 0 Å². The molecule has 0 saturated heterocycles. The fraction of sp³-hybridized carbons (Fsp3) is 0. The predicted molar refractivity (Wildman–Crippen MR) is 96.6 cm³/mol. The number of pyridine rings is 1. The lowest BCUT2D eigenvalue weighted by Crippen LogP contribution is -2.08. The second kappa shape index (κ2) is 5.75. The average molecular weight is 353 g/mol. The van der Waals surface area contributed by atoms with E-state index in [1.54, 1.807) is 35.7 Å². The van der Waals surface area contributed by atoms with Crippen molar-refractivity contribution in [2.75, 3.05) is 0 Å². The molecule has 4 aromatic rings. The second-order valence-electron chi connectivity index (χ2n) is 5.56. The molecule has 124 valence electrons. The molecule has 0 bridgehead atoms. The molecule has 2 aromatic heterocycles. The molecular weight excluding hydrogens is 341 g/mol. The molecule has 0 aliphatic heterocycles. The number of benzene rings is 2. The van der Waals surface area contributed by atoms with Crippen LogP contribution in [0.4, 0.5) is 4.39 Å². The van der Waals surface area contributed by atoms with E-state index in [0.717, 1.165) is 0 Å². The first-order valence-corrected chi connectivity index (χ1v) is 8.35. The van der Waals surface area contributed by atoms with Gasteiger partial charge in [0.1, 0.15) is 10.6 Å². The number of halogens is 1. The highest BCUT2D eigenvalue weighted by atomic mass is 32.1. The number of fused-ring (bicyclic) bond motifs is 1. The summed E-state index contributed by atoms with van der Waals surface area (Å²) in [6.07, 6.45) is 0. The Labute approximate surface area is 145 Å². The van der Waals surface area contributed by atoms with Crippen molar-refractivity contribution in [1.82, 2.24) is 4.98 Å². The molecule has 0 amide bonds. The number of phenols is 1. The smallest absolute Gasteiger partial charge is 0.260 e. The average Bonchev–Trinajstić information content (AvgIpc) is 3.02. The zero-order valence-corrected chi connectivity index (χ0v) is 13.6. The fourth-order valence-corrected chi connectivity index (χ4v) is 3.81. The number of thiophene rings is 1. The van der Waals surface area contributed by atoms with Crippen molar-refractivity contribution < 1.29 is 14.6 Å². The molecule has 4 rings (SSSR count). The van der Waals surface area contributed by atoms with Crippen LogP contribution in [0.25, 0.3) is 32.5 Å². The van der Waals surface area contributed by atoms with E-state index < -0.39 is 11.6 Å². The maximum absolute atomic E-state index is 13.7. The summed E-state index contributed by atoms with van der Waals surface area (Å²) < 4.78 is 13.7. The number of aromatic hydroxyl groups is 2. The van der Waals surface area contributed by atoms with Crippen molar-refractivity contribution >= 4 is 21.6 Å². The van der Waals surface area contributed by atoms with Crippen LogP contribution in [0.3, 0.4) is 0 Å². The first-order chi connectivity index (χ1) is 12.1. The molecule has 0 spiro atoms. The van der Waals surface area contributed by atoms with E-state index >= 15 is 0 Å². The van der Waals surface area contributed by atoms with Crippen LogP contribution in [0.5, 0.6) is 11.5 Å². The van der Waals surface area contributed by atoms with Crippen LogP contribution in [0, 0.1) is 5.82 Å². The van der Waals surface area contributed by atoms with Gasteiger partial charge in [-0.05, 0) is 23.3 Å². The van der Waals surface area contributed by atoms with Crippen molar-refractivity contribution in [1.29, 1.82) is 0 Å². The Hall–Kier alpha value is -3.12. The Morgan fingerprint density at radius 3 is 2.48 bits per heavy atom. The molecule has 0 unspecified atom stereocenters. The number of hydrogen-bond donors (Lipinski definition) is 3. The summed E-state index contributed by atoms with van der Waals surface area (Å²) in [6.45, 7) is 0. The van der Waals surface area contributed by atoms with Crippen molar-refractivity contribution in [3.8, 4) is 33.8 Å². The van der Waals surface area contributed by atoms with Gasteiger partial charge in [0.05, 0.1) is 10.9 Å². The Kier molecular flexibility index (Phi) is 3.54. The molecule has 2 heterocycles. The SMILES string of the molecule is O=c1[nH]c2scc(-c3ccc(O)c(F)c3)c2c(O)c1-c1ccccc1. The van der Waals surface area contributed by atoms with Gasteiger partial charge in [0, 0.05) is 10.9 Å². The van der Waals surface area contributed by atoms with Crippen LogP contribution in [-0.2, 0) is 0 Å². The summed E-state index contributed by atoms with van der Waals surface area (Å²) in [7, 11) is 0. The van der Waals surface area contributed by atoms with Crippen LogP contribution >= 0.6 is 11.3 Å². The van der Waals surface area contributed by atoms with E-state index in [1.165, 1.54) is 23.5 Å². The van der Waals surface area contributed by atoms with Crippen molar-refractivity contribution in [3.63, 3.8) is 0 Å². The van der Waals surface area contributed by atoms with Gasteiger partial charge in [-0.25, -0.2) is 4.39 Å². The Morgan fingerprint density at radius 2 is 1.76 bits per heavy atom. The number of hydrogen-bond acceptors (Lipinski definition) is 4. The number of nitrogens with one attached hydrogen (secondary N) is 1. The number of phenolic OH excluding ortho intramolecular Hbond substituents is 1. The van der Waals surface area contributed by atoms with Crippen LogP contribution in [0.2, 0.25) is 0 Å². The summed E-state index contributed by atoms with van der Waals surface area (Å²) in [5.41, 5.74) is 1.47. The fourth-order valence-electron chi connectivity index (χ4n) is 2.84. The number of aromatic nitrogens is 1. The number of H-pyrrole nitrogens is 1. The van der Waals surface area contributed by atoms with Crippen LogP contribution in [0.1, 0.15) is 0 Å². The lowest BCUT2D eigenvalue weighted by atomic mass is 10.0. The Balaban J connectivity index is 2.03. The monoisotopic (exact) mass is 353 g/mol. The van der Waals surface area contributed by atoms with Gasteiger partial charge in [0.15, 0.2) is 11.6 Å². The summed E-state index contributed by atoms with van der Waals surface area (Å²) >= 11 is 1.25. The molecule has 3 N–H and O–H groups in total. The van der Waals surface area contributed by atoms with Gasteiger partial charge >= 0.3 is 0 Å². The summed E-state index contributed by atoms with van der Waals surface area (Å²) in [5, 5.41) is 22.3. The topological polar surface area (TPSA) is 73.3 Å². The van der Waals surface area contributed by atoms with Crippen molar-refractivity contribution in [3.05, 3.63) is 70.1 Å². The standard InChI is InChI=1S/C19H12FNO3S/c20-13-8-11(6-7-14(13)22)12-9-25-19-16(12)17(23)15(18(24)21-19)10-4-2-1-3-5-10/h1-9,22H,(H2,21,23,24). The van der Waals surface area contributed by atoms with E-state index in [2.05, 4.69) is 4.98 Å². The third kappa shape index (κ3) is 2.47.